The highest BCUT2D eigenvalue weighted by molar-refractivity contribution is 7.99. The second-order valence-corrected chi connectivity index (χ2v) is 9.36. The summed E-state index contributed by atoms with van der Waals surface area (Å²) in [5.74, 6) is 0.623. The van der Waals surface area contributed by atoms with Gasteiger partial charge in [-0.3, -0.25) is 9.36 Å². The minimum Gasteiger partial charge on any atom is -0.272 e. The number of carbonyl (C=O) groups is 1. The topological polar surface area (TPSA) is 72.2 Å². The van der Waals surface area contributed by atoms with Crippen molar-refractivity contribution in [2.75, 3.05) is 5.75 Å². The highest BCUT2D eigenvalue weighted by atomic mass is 35.5. The number of hydrogen-bond donors (Lipinski definition) is 1. The molecule has 0 fully saturated rings. The molecule has 0 saturated heterocycles. The molecular formula is C23H20ClN5OS2. The van der Waals surface area contributed by atoms with Crippen LogP contribution in [0.5, 0.6) is 0 Å². The van der Waals surface area contributed by atoms with Gasteiger partial charge in [0.05, 0.1) is 12.0 Å². The van der Waals surface area contributed by atoms with Gasteiger partial charge >= 0.3 is 0 Å². The predicted octanol–water partition coefficient (Wildman–Crippen LogP) is 5.51. The predicted molar refractivity (Wildman–Crippen MR) is 132 cm³/mol. The highest BCUT2D eigenvalue weighted by Crippen LogP contribution is 2.28. The van der Waals surface area contributed by atoms with Crippen molar-refractivity contribution in [3.8, 4) is 17.1 Å². The van der Waals surface area contributed by atoms with Crippen LogP contribution >= 0.6 is 34.7 Å². The largest absolute Gasteiger partial charge is 0.272 e. The fourth-order valence-corrected chi connectivity index (χ4v) is 4.57. The third-order valence-electron chi connectivity index (χ3n) is 4.63. The molecular weight excluding hydrogens is 462 g/mol. The van der Waals surface area contributed by atoms with Gasteiger partial charge < -0.3 is 0 Å². The summed E-state index contributed by atoms with van der Waals surface area (Å²) in [4.78, 5) is 13.3. The zero-order valence-corrected chi connectivity index (χ0v) is 19.8. The summed E-state index contributed by atoms with van der Waals surface area (Å²) in [5.41, 5.74) is 6.66. The first kappa shape index (κ1) is 22.3. The van der Waals surface area contributed by atoms with Crippen LogP contribution in [0, 0.1) is 13.8 Å². The van der Waals surface area contributed by atoms with Crippen LogP contribution in [0.25, 0.3) is 17.1 Å². The Morgan fingerprint density at radius 3 is 2.56 bits per heavy atom. The van der Waals surface area contributed by atoms with Gasteiger partial charge in [0.25, 0.3) is 5.91 Å². The second-order valence-electron chi connectivity index (χ2n) is 7.03. The number of rotatable bonds is 7. The lowest BCUT2D eigenvalue weighted by atomic mass is 10.2. The lowest BCUT2D eigenvalue weighted by Crippen LogP contribution is -2.20. The normalized spacial score (nSPS) is 11.2. The van der Waals surface area contributed by atoms with E-state index in [0.717, 1.165) is 27.3 Å². The maximum absolute atomic E-state index is 12.3. The van der Waals surface area contributed by atoms with Gasteiger partial charge in [0.1, 0.15) is 0 Å². The molecule has 0 radical (unpaired) electrons. The van der Waals surface area contributed by atoms with Crippen molar-refractivity contribution in [2.24, 2.45) is 5.10 Å². The maximum Gasteiger partial charge on any atom is 0.250 e. The Morgan fingerprint density at radius 1 is 1.12 bits per heavy atom. The number of thiophene rings is 1. The maximum atomic E-state index is 12.3. The minimum absolute atomic E-state index is 0.158. The van der Waals surface area contributed by atoms with Crippen LogP contribution in [0.4, 0.5) is 0 Å². The van der Waals surface area contributed by atoms with Gasteiger partial charge in [-0.25, -0.2) is 5.43 Å². The fourth-order valence-electron chi connectivity index (χ4n) is 2.92. The summed E-state index contributed by atoms with van der Waals surface area (Å²) in [6, 6.07) is 17.5. The Labute approximate surface area is 199 Å². The van der Waals surface area contributed by atoms with E-state index in [2.05, 4.69) is 20.7 Å². The number of aryl methyl sites for hydroxylation is 2. The number of halogens is 1. The van der Waals surface area contributed by atoms with Crippen LogP contribution < -0.4 is 5.43 Å². The van der Waals surface area contributed by atoms with Crippen molar-refractivity contribution in [2.45, 2.75) is 19.0 Å². The number of carbonyl (C=O) groups excluding carboxylic acids is 1. The first-order valence-electron chi connectivity index (χ1n) is 9.78. The summed E-state index contributed by atoms with van der Waals surface area (Å²) in [6.07, 6.45) is 1.66. The molecule has 0 spiro atoms. The molecule has 4 rings (SSSR count). The molecule has 0 aliphatic carbocycles. The summed E-state index contributed by atoms with van der Waals surface area (Å²) in [7, 11) is 0. The van der Waals surface area contributed by atoms with Gasteiger partial charge in [0.15, 0.2) is 11.0 Å². The lowest BCUT2D eigenvalue weighted by Gasteiger charge is -2.10. The van der Waals surface area contributed by atoms with E-state index in [-0.39, 0.29) is 11.7 Å². The third-order valence-corrected chi connectivity index (χ3v) is 6.77. The van der Waals surface area contributed by atoms with E-state index in [1.54, 1.807) is 17.6 Å². The molecule has 2 aromatic heterocycles. The zero-order chi connectivity index (χ0) is 22.5. The minimum atomic E-state index is -0.216. The van der Waals surface area contributed by atoms with E-state index in [4.69, 9.17) is 11.6 Å². The van der Waals surface area contributed by atoms with Crippen LogP contribution in [0.2, 0.25) is 5.02 Å². The molecule has 1 amide bonds. The molecule has 162 valence electrons. The van der Waals surface area contributed by atoms with Crippen LogP contribution in [-0.4, -0.2) is 32.6 Å². The molecule has 2 aromatic carbocycles. The number of aromatic nitrogens is 3. The molecule has 9 heteroatoms. The van der Waals surface area contributed by atoms with Crippen molar-refractivity contribution in [1.82, 2.24) is 20.2 Å². The number of nitrogens with zero attached hydrogens (tertiary/aromatic N) is 4. The number of hydrogen-bond acceptors (Lipinski definition) is 6. The third kappa shape index (κ3) is 5.27. The van der Waals surface area contributed by atoms with E-state index >= 15 is 0 Å². The van der Waals surface area contributed by atoms with Gasteiger partial charge in [0.2, 0.25) is 0 Å². The Balaban J connectivity index is 1.53. The van der Waals surface area contributed by atoms with E-state index in [1.807, 2.05) is 78.4 Å². The summed E-state index contributed by atoms with van der Waals surface area (Å²) in [5, 5.41) is 16.0. The molecule has 0 aliphatic heterocycles. The molecule has 4 aromatic rings. The molecule has 0 atom stereocenters. The van der Waals surface area contributed by atoms with Crippen LogP contribution in [0.15, 0.2) is 70.2 Å². The van der Waals surface area contributed by atoms with Crippen molar-refractivity contribution < 1.29 is 4.79 Å². The average molecular weight is 482 g/mol. The van der Waals surface area contributed by atoms with E-state index in [9.17, 15) is 4.79 Å². The molecule has 32 heavy (non-hydrogen) atoms. The Morgan fingerprint density at radius 2 is 1.88 bits per heavy atom. The summed E-state index contributed by atoms with van der Waals surface area (Å²) < 4.78 is 1.94. The van der Waals surface area contributed by atoms with Gasteiger partial charge in [0, 0.05) is 21.2 Å². The quantitative estimate of drug-likeness (QED) is 0.214. The zero-order valence-electron chi connectivity index (χ0n) is 17.4. The Bertz CT molecular complexity index is 1250. The molecule has 6 nitrogen and oxygen atoms in total. The van der Waals surface area contributed by atoms with Crippen molar-refractivity contribution in [3.05, 3.63) is 81.0 Å². The molecule has 0 bridgehead atoms. The fraction of sp³-hybridized carbons (Fsp3) is 0.130. The smallest absolute Gasteiger partial charge is 0.250 e. The summed E-state index contributed by atoms with van der Waals surface area (Å²) in [6.45, 7) is 4.04. The van der Waals surface area contributed by atoms with Crippen LogP contribution in [-0.2, 0) is 4.79 Å². The first-order valence-corrected chi connectivity index (χ1v) is 12.0. The molecule has 0 aliphatic rings. The van der Waals surface area contributed by atoms with E-state index in [0.29, 0.717) is 16.0 Å². The number of hydrazone groups is 1. The summed E-state index contributed by atoms with van der Waals surface area (Å²) >= 11 is 8.93. The molecule has 0 unspecified atom stereocenters. The van der Waals surface area contributed by atoms with Gasteiger partial charge in [-0.15, -0.1) is 21.5 Å². The SMILES string of the molecule is Cc1ccc(-n2c(SCC(=O)N/N=C/c3sccc3C)nnc2-c2ccc(Cl)cc2)cc1. The van der Waals surface area contributed by atoms with Crippen molar-refractivity contribution in [3.63, 3.8) is 0 Å². The standard InChI is InChI=1S/C23H20ClN5OS2/c1-15-3-9-19(10-4-15)29-22(17-5-7-18(24)8-6-17)27-28-23(29)32-14-21(30)26-25-13-20-16(2)11-12-31-20/h3-13H,14H2,1-2H3,(H,26,30)/b25-13+. The second kappa shape index (κ2) is 10.1. The van der Waals surface area contributed by atoms with Crippen molar-refractivity contribution in [1.29, 1.82) is 0 Å². The number of thioether (sulfide) groups is 1. The Hall–Kier alpha value is -2.94. The van der Waals surface area contributed by atoms with E-state index < -0.39 is 0 Å². The Kier molecular flexibility index (Phi) is 7.04. The highest BCUT2D eigenvalue weighted by Gasteiger charge is 2.17. The molecule has 1 N–H and O–H groups in total. The first-order chi connectivity index (χ1) is 15.5. The van der Waals surface area contributed by atoms with Gasteiger partial charge in [-0.05, 0) is 67.3 Å². The van der Waals surface area contributed by atoms with Crippen LogP contribution in [0.3, 0.4) is 0 Å². The van der Waals surface area contributed by atoms with Crippen LogP contribution in [0.1, 0.15) is 16.0 Å². The number of amides is 1. The molecule has 0 saturated carbocycles. The van der Waals surface area contributed by atoms with Gasteiger partial charge in [-0.2, -0.15) is 5.10 Å². The average Bonchev–Trinajstić information content (AvgIpc) is 3.40. The number of nitrogens with one attached hydrogen (secondary N) is 1. The number of benzene rings is 2. The monoisotopic (exact) mass is 481 g/mol. The molecule has 2 heterocycles. The van der Waals surface area contributed by atoms with E-state index in [1.165, 1.54) is 11.8 Å². The van der Waals surface area contributed by atoms with Gasteiger partial charge in [-0.1, -0.05) is 41.1 Å². The van der Waals surface area contributed by atoms with Crippen molar-refractivity contribution >= 4 is 46.8 Å². The lowest BCUT2D eigenvalue weighted by molar-refractivity contribution is -0.118.